The molecule has 1 rings (SSSR count). The van der Waals surface area contributed by atoms with Gasteiger partial charge in [-0.25, -0.2) is 8.78 Å². The van der Waals surface area contributed by atoms with Gasteiger partial charge in [-0.15, -0.1) is 12.4 Å². The highest BCUT2D eigenvalue weighted by Crippen LogP contribution is 2.17. The molecule has 3 unspecified atom stereocenters. The summed E-state index contributed by atoms with van der Waals surface area (Å²) in [5.74, 6) is -1.99. The summed E-state index contributed by atoms with van der Waals surface area (Å²) >= 11 is 0. The van der Waals surface area contributed by atoms with E-state index in [1.54, 1.807) is 20.8 Å². The Morgan fingerprint density at radius 3 is 2.48 bits per heavy atom. The Hall–Kier alpha value is -1.40. The summed E-state index contributed by atoms with van der Waals surface area (Å²) in [6, 6.07) is 2.51. The van der Waals surface area contributed by atoms with Crippen LogP contribution in [0.4, 0.5) is 8.78 Å². The number of carbonyl (C=O) groups excluding carboxylic acids is 1. The Kier molecular flexibility index (Phi) is 8.21. The number of rotatable bonds is 6. The Labute approximate surface area is 129 Å². The van der Waals surface area contributed by atoms with Gasteiger partial charge in [-0.2, -0.15) is 0 Å². The first-order valence-electron chi connectivity index (χ1n) is 6.45. The van der Waals surface area contributed by atoms with E-state index in [1.807, 2.05) is 0 Å². The molecule has 0 aliphatic rings. The van der Waals surface area contributed by atoms with Crippen molar-refractivity contribution in [2.24, 2.45) is 11.7 Å². The first-order chi connectivity index (χ1) is 9.31. The van der Waals surface area contributed by atoms with E-state index in [4.69, 9.17) is 10.5 Å². The number of nitrogens with one attached hydrogen (secondary N) is 1. The molecule has 0 heterocycles. The van der Waals surface area contributed by atoms with Gasteiger partial charge in [0.1, 0.15) is 12.4 Å². The molecule has 3 N–H and O–H groups in total. The van der Waals surface area contributed by atoms with E-state index < -0.39 is 11.6 Å². The lowest BCUT2D eigenvalue weighted by molar-refractivity contribution is -0.125. The van der Waals surface area contributed by atoms with Crippen molar-refractivity contribution in [2.45, 2.75) is 32.9 Å². The zero-order chi connectivity index (χ0) is 15.3. The first-order valence-corrected chi connectivity index (χ1v) is 6.45. The summed E-state index contributed by atoms with van der Waals surface area (Å²) in [7, 11) is 0. The number of nitrogens with two attached hydrogens (primary N) is 1. The molecule has 0 fully saturated rings. The molecule has 0 bridgehead atoms. The quantitative estimate of drug-likeness (QED) is 0.844. The van der Waals surface area contributed by atoms with Gasteiger partial charge in [0.25, 0.3) is 0 Å². The van der Waals surface area contributed by atoms with Crippen LogP contribution in [0.3, 0.4) is 0 Å². The molecule has 0 aromatic heterocycles. The van der Waals surface area contributed by atoms with Gasteiger partial charge >= 0.3 is 0 Å². The van der Waals surface area contributed by atoms with E-state index in [0.29, 0.717) is 0 Å². The monoisotopic (exact) mass is 322 g/mol. The van der Waals surface area contributed by atoms with Gasteiger partial charge in [0.15, 0.2) is 11.6 Å². The highest BCUT2D eigenvalue weighted by Gasteiger charge is 2.19. The predicted molar refractivity (Wildman–Crippen MR) is 79.5 cm³/mol. The van der Waals surface area contributed by atoms with Crippen molar-refractivity contribution in [3.63, 3.8) is 0 Å². The predicted octanol–water partition coefficient (Wildman–Crippen LogP) is 2.25. The Morgan fingerprint density at radius 2 is 1.95 bits per heavy atom. The van der Waals surface area contributed by atoms with Crippen molar-refractivity contribution in [2.75, 3.05) is 6.61 Å². The van der Waals surface area contributed by atoms with Crippen molar-refractivity contribution in [1.29, 1.82) is 0 Å². The van der Waals surface area contributed by atoms with Crippen molar-refractivity contribution in [3.8, 4) is 5.75 Å². The SMILES string of the molecule is CC(COc1ccc(F)cc1F)NC(=O)C(C)C(C)N.Cl. The molecule has 0 aliphatic heterocycles. The minimum Gasteiger partial charge on any atom is -0.488 e. The molecule has 1 aromatic carbocycles. The molecule has 1 amide bonds. The van der Waals surface area contributed by atoms with Gasteiger partial charge in [-0.1, -0.05) is 6.92 Å². The largest absolute Gasteiger partial charge is 0.488 e. The minimum atomic E-state index is -0.771. The second kappa shape index (κ2) is 8.79. The van der Waals surface area contributed by atoms with Crippen molar-refractivity contribution >= 4 is 18.3 Å². The Balaban J connectivity index is 0.00000400. The standard InChI is InChI=1S/C14H20F2N2O2.ClH/c1-8(18-14(19)9(2)10(3)17)7-20-13-5-4-11(15)6-12(13)16;/h4-6,8-10H,7,17H2,1-3H3,(H,18,19);1H. The summed E-state index contributed by atoms with van der Waals surface area (Å²) in [4.78, 5) is 11.7. The molecular weight excluding hydrogens is 302 g/mol. The maximum Gasteiger partial charge on any atom is 0.224 e. The van der Waals surface area contributed by atoms with Crippen LogP contribution in [-0.2, 0) is 4.79 Å². The van der Waals surface area contributed by atoms with Crippen molar-refractivity contribution in [3.05, 3.63) is 29.8 Å². The van der Waals surface area contributed by atoms with Crippen LogP contribution in [0.2, 0.25) is 0 Å². The second-order valence-electron chi connectivity index (χ2n) is 4.94. The Bertz CT molecular complexity index is 472. The van der Waals surface area contributed by atoms with E-state index in [0.717, 1.165) is 12.1 Å². The molecule has 3 atom stereocenters. The lowest BCUT2D eigenvalue weighted by Crippen LogP contribution is -2.44. The summed E-state index contributed by atoms with van der Waals surface area (Å²) < 4.78 is 31.3. The topological polar surface area (TPSA) is 64.3 Å². The molecular formula is C14H21ClF2N2O2. The lowest BCUT2D eigenvalue weighted by Gasteiger charge is -2.20. The normalized spacial score (nSPS) is 14.6. The van der Waals surface area contributed by atoms with Gasteiger partial charge in [-0.3, -0.25) is 4.79 Å². The van der Waals surface area contributed by atoms with E-state index in [2.05, 4.69) is 5.32 Å². The van der Waals surface area contributed by atoms with Crippen LogP contribution in [0, 0.1) is 17.6 Å². The number of benzene rings is 1. The number of carbonyl (C=O) groups is 1. The van der Waals surface area contributed by atoms with Crippen LogP contribution < -0.4 is 15.8 Å². The van der Waals surface area contributed by atoms with Crippen LogP contribution in [0.25, 0.3) is 0 Å². The van der Waals surface area contributed by atoms with Gasteiger partial charge in [0.2, 0.25) is 5.91 Å². The zero-order valence-electron chi connectivity index (χ0n) is 12.2. The molecule has 0 saturated heterocycles. The molecule has 21 heavy (non-hydrogen) atoms. The zero-order valence-corrected chi connectivity index (χ0v) is 13.0. The number of hydrogen-bond acceptors (Lipinski definition) is 3. The third-order valence-electron chi connectivity index (χ3n) is 2.97. The van der Waals surface area contributed by atoms with E-state index in [1.165, 1.54) is 6.07 Å². The summed E-state index contributed by atoms with van der Waals surface area (Å²) in [5.41, 5.74) is 5.63. The number of halogens is 3. The third kappa shape index (κ3) is 6.27. The highest BCUT2D eigenvalue weighted by molar-refractivity contribution is 5.85. The van der Waals surface area contributed by atoms with Gasteiger partial charge in [-0.05, 0) is 26.0 Å². The van der Waals surface area contributed by atoms with Crippen LogP contribution in [0.1, 0.15) is 20.8 Å². The molecule has 7 heteroatoms. The number of hydrogen-bond donors (Lipinski definition) is 2. The maximum atomic E-state index is 13.3. The van der Waals surface area contributed by atoms with Gasteiger partial charge in [0, 0.05) is 18.0 Å². The Morgan fingerprint density at radius 1 is 1.33 bits per heavy atom. The van der Waals surface area contributed by atoms with E-state index in [-0.39, 0.29) is 48.7 Å². The van der Waals surface area contributed by atoms with Crippen molar-refractivity contribution < 1.29 is 18.3 Å². The van der Waals surface area contributed by atoms with Gasteiger partial charge < -0.3 is 15.8 Å². The second-order valence-corrected chi connectivity index (χ2v) is 4.94. The minimum absolute atomic E-state index is 0. The average molecular weight is 323 g/mol. The van der Waals surface area contributed by atoms with Crippen LogP contribution in [-0.4, -0.2) is 24.6 Å². The molecule has 0 radical (unpaired) electrons. The van der Waals surface area contributed by atoms with Crippen molar-refractivity contribution in [1.82, 2.24) is 5.32 Å². The molecule has 1 aromatic rings. The number of amides is 1. The average Bonchev–Trinajstić information content (AvgIpc) is 2.36. The van der Waals surface area contributed by atoms with Crippen LogP contribution >= 0.6 is 12.4 Å². The van der Waals surface area contributed by atoms with E-state index in [9.17, 15) is 13.6 Å². The lowest BCUT2D eigenvalue weighted by atomic mass is 10.0. The first kappa shape index (κ1) is 19.6. The smallest absolute Gasteiger partial charge is 0.224 e. The highest BCUT2D eigenvalue weighted by atomic mass is 35.5. The maximum absolute atomic E-state index is 13.3. The summed E-state index contributed by atoms with van der Waals surface area (Å²) in [6.07, 6.45) is 0. The fourth-order valence-corrected chi connectivity index (χ4v) is 1.46. The fraction of sp³-hybridized carbons (Fsp3) is 0.500. The molecule has 4 nitrogen and oxygen atoms in total. The molecule has 0 saturated carbocycles. The molecule has 0 aliphatic carbocycles. The molecule has 0 spiro atoms. The fourth-order valence-electron chi connectivity index (χ4n) is 1.46. The summed E-state index contributed by atoms with van der Waals surface area (Å²) in [5, 5.41) is 2.72. The van der Waals surface area contributed by atoms with E-state index >= 15 is 0 Å². The third-order valence-corrected chi connectivity index (χ3v) is 2.97. The number of ether oxygens (including phenoxy) is 1. The van der Waals surface area contributed by atoms with Crippen LogP contribution in [0.15, 0.2) is 18.2 Å². The summed E-state index contributed by atoms with van der Waals surface area (Å²) in [6.45, 7) is 5.29. The van der Waals surface area contributed by atoms with Gasteiger partial charge in [0.05, 0.1) is 6.04 Å². The molecule has 120 valence electrons. The van der Waals surface area contributed by atoms with Crippen LogP contribution in [0.5, 0.6) is 5.75 Å².